The van der Waals surface area contributed by atoms with Crippen molar-refractivity contribution in [1.29, 1.82) is 0 Å². The maximum atomic E-state index is 11.7. The summed E-state index contributed by atoms with van der Waals surface area (Å²) in [6.07, 6.45) is 1.61. The van der Waals surface area contributed by atoms with Crippen molar-refractivity contribution in [2.45, 2.75) is 0 Å². The molecule has 2 aromatic heterocycles. The zero-order valence-corrected chi connectivity index (χ0v) is 11.4. The molecule has 0 saturated heterocycles. The number of amides is 1. The minimum Gasteiger partial charge on any atom is -0.383 e. The van der Waals surface area contributed by atoms with Gasteiger partial charge in [0, 0.05) is 26.4 Å². The van der Waals surface area contributed by atoms with Crippen LogP contribution in [0.5, 0.6) is 0 Å². The highest BCUT2D eigenvalue weighted by Crippen LogP contribution is 2.12. The van der Waals surface area contributed by atoms with E-state index in [-0.39, 0.29) is 5.91 Å². The Morgan fingerprint density at radius 3 is 2.78 bits per heavy atom. The molecule has 7 nitrogen and oxygen atoms in total. The average Bonchev–Trinajstić information content (AvgIpc) is 2.75. The van der Waals surface area contributed by atoms with E-state index in [1.54, 1.807) is 32.4 Å². The molecule has 2 aromatic rings. The highest BCUT2D eigenvalue weighted by molar-refractivity contribution is 9.10. The van der Waals surface area contributed by atoms with E-state index < -0.39 is 0 Å². The van der Waals surface area contributed by atoms with Crippen molar-refractivity contribution in [1.82, 2.24) is 24.6 Å². The van der Waals surface area contributed by atoms with E-state index in [1.807, 2.05) is 0 Å². The predicted molar refractivity (Wildman–Crippen MR) is 69.3 cm³/mol. The van der Waals surface area contributed by atoms with Crippen LogP contribution in [-0.2, 0) is 0 Å². The zero-order chi connectivity index (χ0) is 13.3. The number of nitrogen functional groups attached to an aromatic ring is 1. The zero-order valence-electron chi connectivity index (χ0n) is 9.83. The molecule has 0 saturated carbocycles. The number of hydrogen-bond acceptors (Lipinski definition) is 5. The number of nitrogens with two attached hydrogens (primary N) is 1. The van der Waals surface area contributed by atoms with Crippen LogP contribution in [0.15, 0.2) is 22.9 Å². The van der Waals surface area contributed by atoms with Crippen LogP contribution in [0.25, 0.3) is 5.95 Å². The number of halogens is 1. The Hall–Kier alpha value is -1.96. The van der Waals surface area contributed by atoms with Gasteiger partial charge in [-0.3, -0.25) is 4.79 Å². The van der Waals surface area contributed by atoms with Crippen molar-refractivity contribution >= 4 is 27.7 Å². The molecule has 2 N–H and O–H groups in total. The number of aromatic nitrogens is 4. The van der Waals surface area contributed by atoms with Crippen LogP contribution in [0, 0.1) is 0 Å². The lowest BCUT2D eigenvalue weighted by molar-refractivity contribution is 0.0821. The van der Waals surface area contributed by atoms with E-state index in [9.17, 15) is 4.79 Å². The van der Waals surface area contributed by atoms with Gasteiger partial charge in [-0.25, -0.2) is 9.67 Å². The lowest BCUT2D eigenvalue weighted by Crippen LogP contribution is -2.22. The van der Waals surface area contributed by atoms with Crippen LogP contribution in [0.4, 0.5) is 5.82 Å². The molecule has 0 bridgehead atoms. The maximum Gasteiger partial charge on any atom is 0.273 e. The largest absolute Gasteiger partial charge is 0.383 e. The van der Waals surface area contributed by atoms with E-state index in [2.05, 4.69) is 31.0 Å². The van der Waals surface area contributed by atoms with Crippen LogP contribution in [0.1, 0.15) is 10.5 Å². The number of carbonyl (C=O) groups excluding carboxylic acids is 1. The molecule has 0 aliphatic carbocycles. The number of rotatable bonds is 2. The number of hydrogen-bond donors (Lipinski definition) is 1. The molecule has 0 atom stereocenters. The van der Waals surface area contributed by atoms with Crippen molar-refractivity contribution < 1.29 is 4.79 Å². The minimum absolute atomic E-state index is 0.184. The van der Waals surface area contributed by atoms with E-state index in [1.165, 1.54) is 9.58 Å². The van der Waals surface area contributed by atoms with Crippen molar-refractivity contribution in [3.8, 4) is 5.95 Å². The van der Waals surface area contributed by atoms with Gasteiger partial charge in [0.05, 0.1) is 0 Å². The summed E-state index contributed by atoms with van der Waals surface area (Å²) >= 11 is 3.22. The molecular weight excluding hydrogens is 300 g/mol. The van der Waals surface area contributed by atoms with Gasteiger partial charge in [0.15, 0.2) is 5.69 Å². The molecule has 2 heterocycles. The molecular formula is C10H11BrN6O. The fourth-order valence-electron chi connectivity index (χ4n) is 1.30. The standard InChI is InChI=1S/C10H11BrN6O/c1-16(2)9(18)6-3-4-17(15-6)10-13-7(11)5-8(12)14-10/h3-5H,1-2H3,(H2,12,13,14). The summed E-state index contributed by atoms with van der Waals surface area (Å²) < 4.78 is 1.96. The number of anilines is 1. The minimum atomic E-state index is -0.184. The molecule has 18 heavy (non-hydrogen) atoms. The SMILES string of the molecule is CN(C)C(=O)c1ccn(-c2nc(N)cc(Br)n2)n1. The molecule has 0 spiro atoms. The second-order valence-corrected chi connectivity index (χ2v) is 4.57. The van der Waals surface area contributed by atoms with E-state index in [0.29, 0.717) is 22.1 Å². The topological polar surface area (TPSA) is 89.9 Å². The van der Waals surface area contributed by atoms with Crippen LogP contribution in [0.2, 0.25) is 0 Å². The molecule has 0 fully saturated rings. The van der Waals surface area contributed by atoms with Gasteiger partial charge in [-0.15, -0.1) is 0 Å². The third kappa shape index (κ3) is 2.48. The molecule has 0 aliphatic heterocycles. The summed E-state index contributed by atoms with van der Waals surface area (Å²) in [7, 11) is 3.32. The fraction of sp³-hybridized carbons (Fsp3) is 0.200. The smallest absolute Gasteiger partial charge is 0.273 e. The summed E-state index contributed by atoms with van der Waals surface area (Å²) in [6.45, 7) is 0. The quantitative estimate of drug-likeness (QED) is 0.825. The Morgan fingerprint density at radius 2 is 2.17 bits per heavy atom. The Kier molecular flexibility index (Phi) is 3.28. The first-order valence-electron chi connectivity index (χ1n) is 5.05. The van der Waals surface area contributed by atoms with Crippen LogP contribution in [-0.4, -0.2) is 44.7 Å². The van der Waals surface area contributed by atoms with Gasteiger partial charge >= 0.3 is 0 Å². The second-order valence-electron chi connectivity index (χ2n) is 3.76. The highest BCUT2D eigenvalue weighted by atomic mass is 79.9. The van der Waals surface area contributed by atoms with Gasteiger partial charge in [0.25, 0.3) is 11.9 Å². The predicted octanol–water partition coefficient (Wildman–Crippen LogP) is 0.709. The van der Waals surface area contributed by atoms with Crippen LogP contribution in [0.3, 0.4) is 0 Å². The summed E-state index contributed by atoms with van der Waals surface area (Å²) in [6, 6.07) is 3.18. The van der Waals surface area contributed by atoms with E-state index >= 15 is 0 Å². The van der Waals surface area contributed by atoms with E-state index in [0.717, 1.165) is 0 Å². The van der Waals surface area contributed by atoms with E-state index in [4.69, 9.17) is 5.73 Å². The first kappa shape index (κ1) is 12.5. The van der Waals surface area contributed by atoms with Gasteiger partial charge in [-0.2, -0.15) is 10.1 Å². The summed E-state index contributed by atoms with van der Waals surface area (Å²) in [4.78, 5) is 21.3. The summed E-state index contributed by atoms with van der Waals surface area (Å²) in [5.41, 5.74) is 5.94. The lowest BCUT2D eigenvalue weighted by atomic mass is 10.4. The van der Waals surface area contributed by atoms with Gasteiger partial charge in [-0.05, 0) is 22.0 Å². The molecule has 0 aliphatic rings. The lowest BCUT2D eigenvalue weighted by Gasteiger charge is -2.06. The first-order chi connectivity index (χ1) is 8.47. The molecule has 94 valence electrons. The highest BCUT2D eigenvalue weighted by Gasteiger charge is 2.13. The van der Waals surface area contributed by atoms with Crippen molar-refractivity contribution in [3.63, 3.8) is 0 Å². The van der Waals surface area contributed by atoms with Gasteiger partial charge in [0.1, 0.15) is 10.4 Å². The second kappa shape index (κ2) is 4.73. The summed E-state index contributed by atoms with van der Waals surface area (Å²) in [5.74, 6) is 0.444. The molecule has 0 unspecified atom stereocenters. The normalized spacial score (nSPS) is 10.4. The third-order valence-corrected chi connectivity index (χ3v) is 2.53. The third-order valence-electron chi connectivity index (χ3n) is 2.12. The maximum absolute atomic E-state index is 11.7. The van der Waals surface area contributed by atoms with Crippen molar-refractivity contribution in [2.75, 3.05) is 19.8 Å². The number of carbonyl (C=O) groups is 1. The molecule has 1 amide bonds. The van der Waals surface area contributed by atoms with Gasteiger partial charge < -0.3 is 10.6 Å². The first-order valence-corrected chi connectivity index (χ1v) is 5.84. The van der Waals surface area contributed by atoms with Crippen molar-refractivity contribution in [2.24, 2.45) is 0 Å². The Balaban J connectivity index is 2.38. The van der Waals surface area contributed by atoms with Gasteiger partial charge in [-0.1, -0.05) is 0 Å². The Bertz CT molecular complexity index is 574. The monoisotopic (exact) mass is 310 g/mol. The fourth-order valence-corrected chi connectivity index (χ4v) is 1.70. The number of nitrogens with zero attached hydrogens (tertiary/aromatic N) is 5. The van der Waals surface area contributed by atoms with Crippen molar-refractivity contribution in [3.05, 3.63) is 28.6 Å². The Morgan fingerprint density at radius 1 is 1.44 bits per heavy atom. The molecule has 0 aromatic carbocycles. The Labute approximate surface area is 112 Å². The molecule has 0 radical (unpaired) electrons. The summed E-state index contributed by atoms with van der Waals surface area (Å²) in [5, 5.41) is 4.11. The molecule has 2 rings (SSSR count). The van der Waals surface area contributed by atoms with Crippen LogP contribution < -0.4 is 5.73 Å². The van der Waals surface area contributed by atoms with Gasteiger partial charge in [0.2, 0.25) is 0 Å². The van der Waals surface area contributed by atoms with Crippen LogP contribution >= 0.6 is 15.9 Å². The molecule has 8 heteroatoms. The average molecular weight is 311 g/mol.